The molecule has 0 aliphatic heterocycles. The van der Waals surface area contributed by atoms with Gasteiger partial charge in [-0.05, 0) is 0 Å². The second-order valence-corrected chi connectivity index (χ2v) is 4.04. The Balaban J connectivity index is 3.58. The van der Waals surface area contributed by atoms with E-state index in [2.05, 4.69) is 5.32 Å². The highest BCUT2D eigenvalue weighted by atomic mass is 32.2. The van der Waals surface area contributed by atoms with E-state index in [-0.39, 0.29) is 13.1 Å². The van der Waals surface area contributed by atoms with Crippen LogP contribution in [0.5, 0.6) is 0 Å². The van der Waals surface area contributed by atoms with Gasteiger partial charge in [0.25, 0.3) is 10.1 Å². The molecular weight excluding hydrogens is 202 g/mol. The number of hydrogen-bond donors (Lipinski definition) is 5. The van der Waals surface area contributed by atoms with E-state index < -0.39 is 28.3 Å². The maximum absolute atomic E-state index is 10.2. The molecular formula is C5H13NO6S. The molecule has 13 heavy (non-hydrogen) atoms. The number of nitrogens with one attached hydrogen (secondary N) is 1. The van der Waals surface area contributed by atoms with Crippen LogP contribution in [0.4, 0.5) is 0 Å². The molecule has 0 radical (unpaired) electrons. The first-order valence-corrected chi connectivity index (χ1v) is 5.12. The fourth-order valence-corrected chi connectivity index (χ4v) is 1.29. The minimum absolute atomic E-state index is 0.141. The van der Waals surface area contributed by atoms with Crippen molar-refractivity contribution in [2.45, 2.75) is 12.4 Å². The van der Waals surface area contributed by atoms with Crippen LogP contribution in [0.15, 0.2) is 0 Å². The molecule has 0 bridgehead atoms. The zero-order chi connectivity index (χ0) is 10.5. The molecule has 8 heteroatoms. The SMILES string of the molecule is O=S(=O)(O)CC(O)CNCC(O)O. The molecule has 0 aliphatic carbocycles. The Bertz CT molecular complexity index is 225. The van der Waals surface area contributed by atoms with Gasteiger partial charge in [0.1, 0.15) is 5.75 Å². The summed E-state index contributed by atoms with van der Waals surface area (Å²) in [6, 6.07) is 0. The van der Waals surface area contributed by atoms with Gasteiger partial charge in [-0.1, -0.05) is 0 Å². The topological polar surface area (TPSA) is 127 Å². The van der Waals surface area contributed by atoms with Crippen molar-refractivity contribution in [3.63, 3.8) is 0 Å². The molecule has 0 aliphatic rings. The summed E-state index contributed by atoms with van der Waals surface area (Å²) < 4.78 is 28.7. The van der Waals surface area contributed by atoms with Gasteiger partial charge in [0.05, 0.1) is 6.10 Å². The second-order valence-electron chi connectivity index (χ2n) is 2.54. The molecule has 0 rings (SSSR count). The van der Waals surface area contributed by atoms with Crippen LogP contribution in [0.1, 0.15) is 0 Å². The van der Waals surface area contributed by atoms with E-state index in [9.17, 15) is 8.42 Å². The average Bonchev–Trinajstić information content (AvgIpc) is 1.81. The lowest BCUT2D eigenvalue weighted by Crippen LogP contribution is -2.36. The van der Waals surface area contributed by atoms with Crippen LogP contribution in [0.3, 0.4) is 0 Å². The quantitative estimate of drug-likeness (QED) is 0.238. The maximum Gasteiger partial charge on any atom is 0.267 e. The third-order valence-corrected chi connectivity index (χ3v) is 1.92. The van der Waals surface area contributed by atoms with Crippen molar-refractivity contribution in [3.05, 3.63) is 0 Å². The summed E-state index contributed by atoms with van der Waals surface area (Å²) in [5, 5.41) is 28.0. The van der Waals surface area contributed by atoms with Gasteiger partial charge < -0.3 is 20.6 Å². The van der Waals surface area contributed by atoms with Crippen LogP contribution >= 0.6 is 0 Å². The van der Waals surface area contributed by atoms with Crippen LogP contribution in [-0.4, -0.2) is 59.5 Å². The lowest BCUT2D eigenvalue weighted by atomic mass is 10.4. The van der Waals surface area contributed by atoms with E-state index in [0.29, 0.717) is 0 Å². The first kappa shape index (κ1) is 12.8. The van der Waals surface area contributed by atoms with Crippen molar-refractivity contribution < 1.29 is 28.3 Å². The fraction of sp³-hybridized carbons (Fsp3) is 1.00. The Kier molecular flexibility index (Phi) is 5.37. The van der Waals surface area contributed by atoms with Gasteiger partial charge in [-0.2, -0.15) is 8.42 Å². The highest BCUT2D eigenvalue weighted by Crippen LogP contribution is 1.88. The second kappa shape index (κ2) is 5.47. The van der Waals surface area contributed by atoms with E-state index in [1.54, 1.807) is 0 Å². The van der Waals surface area contributed by atoms with Gasteiger partial charge in [-0.25, -0.2) is 0 Å². The van der Waals surface area contributed by atoms with Gasteiger partial charge in [-0.3, -0.25) is 4.55 Å². The molecule has 0 aromatic heterocycles. The summed E-state index contributed by atoms with van der Waals surface area (Å²) in [5.74, 6) is -0.776. The lowest BCUT2D eigenvalue weighted by Gasteiger charge is -2.10. The van der Waals surface area contributed by atoms with Crippen molar-refractivity contribution in [2.24, 2.45) is 0 Å². The Morgan fingerprint density at radius 1 is 1.15 bits per heavy atom. The summed E-state index contributed by atoms with van der Waals surface area (Å²) >= 11 is 0. The summed E-state index contributed by atoms with van der Waals surface area (Å²) in [7, 11) is -4.19. The molecule has 0 saturated heterocycles. The molecule has 0 spiro atoms. The molecule has 0 heterocycles. The highest BCUT2D eigenvalue weighted by Gasteiger charge is 2.13. The standard InChI is InChI=1S/C5H13NO6S/c7-4(3-13(10,11)12)1-6-2-5(8)9/h4-9H,1-3H2,(H,10,11,12). The largest absolute Gasteiger partial charge is 0.391 e. The summed E-state index contributed by atoms with van der Waals surface area (Å²) in [6.45, 7) is -0.319. The molecule has 1 atom stereocenters. The molecule has 0 amide bonds. The third kappa shape index (κ3) is 9.67. The van der Waals surface area contributed by atoms with Crippen molar-refractivity contribution >= 4 is 10.1 Å². The monoisotopic (exact) mass is 215 g/mol. The number of hydrogen-bond acceptors (Lipinski definition) is 6. The smallest absolute Gasteiger partial charge is 0.267 e. The number of rotatable bonds is 6. The van der Waals surface area contributed by atoms with E-state index in [4.69, 9.17) is 19.9 Å². The molecule has 7 nitrogen and oxygen atoms in total. The van der Waals surface area contributed by atoms with Crippen LogP contribution in [-0.2, 0) is 10.1 Å². The normalized spacial score (nSPS) is 14.8. The fourth-order valence-electron chi connectivity index (χ4n) is 0.681. The molecule has 5 N–H and O–H groups in total. The first-order chi connectivity index (χ1) is 5.81. The van der Waals surface area contributed by atoms with Crippen molar-refractivity contribution in [3.8, 4) is 0 Å². The highest BCUT2D eigenvalue weighted by molar-refractivity contribution is 7.85. The predicted molar refractivity (Wildman–Crippen MR) is 43.5 cm³/mol. The van der Waals surface area contributed by atoms with Gasteiger partial charge >= 0.3 is 0 Å². The van der Waals surface area contributed by atoms with Gasteiger partial charge in [0.2, 0.25) is 0 Å². The number of aliphatic hydroxyl groups excluding tert-OH is 2. The Hall–Kier alpha value is -0.250. The van der Waals surface area contributed by atoms with Gasteiger partial charge in [0.15, 0.2) is 6.29 Å². The van der Waals surface area contributed by atoms with Crippen LogP contribution < -0.4 is 5.32 Å². The predicted octanol–water partition coefficient (Wildman–Crippen LogP) is -2.86. The average molecular weight is 215 g/mol. The lowest BCUT2D eigenvalue weighted by molar-refractivity contribution is -0.0381. The molecule has 80 valence electrons. The molecule has 0 fully saturated rings. The molecule has 0 aromatic carbocycles. The van der Waals surface area contributed by atoms with E-state index in [0.717, 1.165) is 0 Å². The molecule has 1 unspecified atom stereocenters. The van der Waals surface area contributed by atoms with Crippen LogP contribution in [0.25, 0.3) is 0 Å². The maximum atomic E-state index is 10.2. The first-order valence-electron chi connectivity index (χ1n) is 3.51. The van der Waals surface area contributed by atoms with Crippen molar-refractivity contribution in [1.82, 2.24) is 5.32 Å². The zero-order valence-corrected chi connectivity index (χ0v) is 7.61. The Labute approximate surface area is 75.8 Å². The minimum atomic E-state index is -4.19. The van der Waals surface area contributed by atoms with E-state index in [1.165, 1.54) is 0 Å². The summed E-state index contributed by atoms with van der Waals surface area (Å²) in [5.41, 5.74) is 0. The van der Waals surface area contributed by atoms with Gasteiger partial charge in [0, 0.05) is 13.1 Å². The summed E-state index contributed by atoms with van der Waals surface area (Å²) in [6.07, 6.45) is -2.83. The Morgan fingerprint density at radius 3 is 2.08 bits per heavy atom. The van der Waals surface area contributed by atoms with Crippen LogP contribution in [0.2, 0.25) is 0 Å². The Morgan fingerprint density at radius 2 is 1.69 bits per heavy atom. The van der Waals surface area contributed by atoms with E-state index >= 15 is 0 Å². The molecule has 0 aromatic rings. The van der Waals surface area contributed by atoms with E-state index in [1.807, 2.05) is 0 Å². The van der Waals surface area contributed by atoms with Crippen molar-refractivity contribution in [1.29, 1.82) is 0 Å². The van der Waals surface area contributed by atoms with Crippen LogP contribution in [0, 0.1) is 0 Å². The number of aliphatic hydroxyl groups is 3. The minimum Gasteiger partial charge on any atom is -0.391 e. The zero-order valence-electron chi connectivity index (χ0n) is 6.79. The third-order valence-electron chi connectivity index (χ3n) is 1.11. The summed E-state index contributed by atoms with van der Waals surface area (Å²) in [4.78, 5) is 0. The van der Waals surface area contributed by atoms with Gasteiger partial charge in [-0.15, -0.1) is 0 Å². The molecule has 0 saturated carbocycles. The van der Waals surface area contributed by atoms with Crippen molar-refractivity contribution in [2.75, 3.05) is 18.8 Å².